The highest BCUT2D eigenvalue weighted by Crippen LogP contribution is 2.30. The summed E-state index contributed by atoms with van der Waals surface area (Å²) in [5.41, 5.74) is 5.92. The molecule has 0 radical (unpaired) electrons. The number of halogens is 1. The molecule has 8 nitrogen and oxygen atoms in total. The van der Waals surface area contributed by atoms with Gasteiger partial charge in [0.05, 0.1) is 22.7 Å². The van der Waals surface area contributed by atoms with E-state index in [9.17, 15) is 14.9 Å². The Balaban J connectivity index is 2.67. The lowest BCUT2D eigenvalue weighted by Gasteiger charge is -2.09. The first kappa shape index (κ1) is 14.8. The van der Waals surface area contributed by atoms with E-state index >= 15 is 0 Å². The lowest BCUT2D eigenvalue weighted by molar-refractivity contribution is -0.384. The highest BCUT2D eigenvalue weighted by Gasteiger charge is 2.22. The van der Waals surface area contributed by atoms with Gasteiger partial charge in [-0.1, -0.05) is 11.6 Å². The van der Waals surface area contributed by atoms with Gasteiger partial charge < -0.3 is 10.5 Å². The van der Waals surface area contributed by atoms with Crippen molar-refractivity contribution in [1.82, 2.24) is 9.55 Å². The third-order valence-corrected chi connectivity index (χ3v) is 3.16. The summed E-state index contributed by atoms with van der Waals surface area (Å²) in [7, 11) is 1.20. The number of methoxy groups -OCH3 is 1. The van der Waals surface area contributed by atoms with Gasteiger partial charge in [-0.15, -0.1) is 0 Å². The number of nitrogen functional groups attached to an aromatic ring is 1. The van der Waals surface area contributed by atoms with Crippen molar-refractivity contribution in [1.29, 1.82) is 0 Å². The molecule has 2 aromatic rings. The Bertz CT molecular complexity index is 741. The van der Waals surface area contributed by atoms with E-state index in [1.165, 1.54) is 29.9 Å². The number of hydrogen-bond donors (Lipinski definition) is 1. The molecule has 21 heavy (non-hydrogen) atoms. The standard InChI is InChI=1S/C12H11ClN4O4/c1-6-15-10(12(18)21-2)11(14)16(6)9-5-7(17(19)20)3-4-8(9)13/h3-5H,14H2,1-2H3. The molecule has 1 heterocycles. The second kappa shape index (κ2) is 5.41. The Labute approximate surface area is 124 Å². The van der Waals surface area contributed by atoms with Crippen LogP contribution in [0.4, 0.5) is 11.5 Å². The number of nitrogens with two attached hydrogens (primary N) is 1. The molecule has 0 spiro atoms. The molecule has 110 valence electrons. The van der Waals surface area contributed by atoms with Gasteiger partial charge in [-0.2, -0.15) is 0 Å². The molecule has 2 rings (SSSR count). The third kappa shape index (κ3) is 2.52. The number of rotatable bonds is 3. The Hall–Kier alpha value is -2.61. The SMILES string of the molecule is COC(=O)c1nc(C)n(-c2cc([N+](=O)[O-])ccc2Cl)c1N. The Morgan fingerprint density at radius 1 is 1.52 bits per heavy atom. The van der Waals surface area contributed by atoms with Gasteiger partial charge in [-0.05, 0) is 13.0 Å². The van der Waals surface area contributed by atoms with Crippen molar-refractivity contribution in [2.45, 2.75) is 6.92 Å². The Kier molecular flexibility index (Phi) is 3.81. The van der Waals surface area contributed by atoms with Crippen LogP contribution in [0.1, 0.15) is 16.3 Å². The number of nitro groups is 1. The lowest BCUT2D eigenvalue weighted by Crippen LogP contribution is -2.08. The fourth-order valence-electron chi connectivity index (χ4n) is 1.89. The fraction of sp³-hybridized carbons (Fsp3) is 0.167. The molecule has 0 amide bonds. The zero-order chi connectivity index (χ0) is 15.7. The number of esters is 1. The number of nitro benzene ring substituents is 1. The number of carbonyl (C=O) groups excluding carboxylic acids is 1. The van der Waals surface area contributed by atoms with Gasteiger partial charge in [0.15, 0.2) is 5.69 Å². The van der Waals surface area contributed by atoms with Crippen molar-refractivity contribution in [3.05, 3.63) is 44.9 Å². The Morgan fingerprint density at radius 2 is 2.19 bits per heavy atom. The summed E-state index contributed by atoms with van der Waals surface area (Å²) < 4.78 is 5.94. The number of aromatic nitrogens is 2. The maximum atomic E-state index is 11.6. The molecule has 0 fully saturated rings. The molecular formula is C12H11ClN4O4. The fourth-order valence-corrected chi connectivity index (χ4v) is 2.09. The van der Waals surface area contributed by atoms with Crippen LogP contribution < -0.4 is 5.73 Å². The van der Waals surface area contributed by atoms with E-state index in [1.807, 2.05) is 0 Å². The Morgan fingerprint density at radius 3 is 2.76 bits per heavy atom. The van der Waals surface area contributed by atoms with E-state index in [2.05, 4.69) is 9.72 Å². The first-order chi connectivity index (χ1) is 9.86. The van der Waals surface area contributed by atoms with E-state index < -0.39 is 10.9 Å². The number of imidazole rings is 1. The minimum Gasteiger partial charge on any atom is -0.464 e. The van der Waals surface area contributed by atoms with Crippen molar-refractivity contribution < 1.29 is 14.5 Å². The molecular weight excluding hydrogens is 300 g/mol. The molecule has 0 aliphatic rings. The zero-order valence-electron chi connectivity index (χ0n) is 11.2. The number of nitrogens with zero attached hydrogens (tertiary/aromatic N) is 3. The maximum Gasteiger partial charge on any atom is 0.360 e. The first-order valence-electron chi connectivity index (χ1n) is 5.74. The van der Waals surface area contributed by atoms with Crippen molar-refractivity contribution >= 4 is 29.1 Å². The average Bonchev–Trinajstić information content (AvgIpc) is 2.74. The minimum absolute atomic E-state index is 0.00162. The molecule has 0 aliphatic heterocycles. The van der Waals surface area contributed by atoms with Gasteiger partial charge in [0.2, 0.25) is 0 Å². The van der Waals surface area contributed by atoms with Crippen LogP contribution in [0.25, 0.3) is 5.69 Å². The van der Waals surface area contributed by atoms with Gasteiger partial charge in [-0.3, -0.25) is 14.7 Å². The van der Waals surface area contributed by atoms with Crippen LogP contribution in [0.15, 0.2) is 18.2 Å². The van der Waals surface area contributed by atoms with E-state index in [0.29, 0.717) is 5.82 Å². The smallest absolute Gasteiger partial charge is 0.360 e. The summed E-state index contributed by atoms with van der Waals surface area (Å²) in [6, 6.07) is 3.91. The van der Waals surface area contributed by atoms with Gasteiger partial charge in [0.1, 0.15) is 11.6 Å². The molecule has 0 atom stereocenters. The predicted molar refractivity (Wildman–Crippen MR) is 75.7 cm³/mol. The summed E-state index contributed by atoms with van der Waals surface area (Å²) in [5.74, 6) is -0.340. The van der Waals surface area contributed by atoms with Crippen LogP contribution in [0.2, 0.25) is 5.02 Å². The summed E-state index contributed by atoms with van der Waals surface area (Å²) in [6.45, 7) is 1.60. The molecule has 1 aromatic carbocycles. The van der Waals surface area contributed by atoms with Crippen molar-refractivity contribution in [2.75, 3.05) is 12.8 Å². The number of aryl methyl sites for hydroxylation is 1. The highest BCUT2D eigenvalue weighted by molar-refractivity contribution is 6.32. The van der Waals surface area contributed by atoms with E-state index in [0.717, 1.165) is 0 Å². The quantitative estimate of drug-likeness (QED) is 0.527. The second-order valence-electron chi connectivity index (χ2n) is 4.11. The molecule has 0 aliphatic carbocycles. The topological polar surface area (TPSA) is 113 Å². The molecule has 1 aromatic heterocycles. The van der Waals surface area contributed by atoms with Crippen LogP contribution in [-0.4, -0.2) is 27.6 Å². The predicted octanol–water partition coefficient (Wildman–Crippen LogP) is 2.11. The van der Waals surface area contributed by atoms with Crippen LogP contribution in [0.3, 0.4) is 0 Å². The molecule has 0 unspecified atom stereocenters. The number of carbonyl (C=O) groups is 1. The first-order valence-corrected chi connectivity index (χ1v) is 6.12. The molecule has 0 saturated carbocycles. The van der Waals surface area contributed by atoms with Crippen molar-refractivity contribution in [3.63, 3.8) is 0 Å². The number of anilines is 1. The van der Waals surface area contributed by atoms with Gasteiger partial charge in [-0.25, -0.2) is 9.78 Å². The van der Waals surface area contributed by atoms with Crippen LogP contribution in [0, 0.1) is 17.0 Å². The molecule has 0 bridgehead atoms. The van der Waals surface area contributed by atoms with Crippen molar-refractivity contribution in [3.8, 4) is 5.69 Å². The molecule has 9 heteroatoms. The highest BCUT2D eigenvalue weighted by atomic mass is 35.5. The van der Waals surface area contributed by atoms with Crippen LogP contribution in [-0.2, 0) is 4.74 Å². The summed E-state index contributed by atoms with van der Waals surface area (Å²) in [5, 5.41) is 11.1. The van der Waals surface area contributed by atoms with Crippen molar-refractivity contribution in [2.24, 2.45) is 0 Å². The third-order valence-electron chi connectivity index (χ3n) is 2.84. The molecule has 2 N–H and O–H groups in total. The normalized spacial score (nSPS) is 10.4. The van der Waals surface area contributed by atoms with Gasteiger partial charge >= 0.3 is 5.97 Å². The van der Waals surface area contributed by atoms with E-state index in [4.69, 9.17) is 17.3 Å². The number of non-ortho nitro benzene ring substituents is 1. The number of hydrogen-bond acceptors (Lipinski definition) is 6. The average molecular weight is 311 g/mol. The van der Waals surface area contributed by atoms with Gasteiger partial charge in [0, 0.05) is 12.1 Å². The maximum absolute atomic E-state index is 11.6. The summed E-state index contributed by atoms with van der Waals surface area (Å²) >= 11 is 6.06. The monoisotopic (exact) mass is 310 g/mol. The van der Waals surface area contributed by atoms with Gasteiger partial charge in [0.25, 0.3) is 5.69 Å². The van der Waals surface area contributed by atoms with E-state index in [-0.39, 0.29) is 27.9 Å². The summed E-state index contributed by atoms with van der Waals surface area (Å²) in [4.78, 5) is 25.9. The second-order valence-corrected chi connectivity index (χ2v) is 4.52. The van der Waals surface area contributed by atoms with E-state index in [1.54, 1.807) is 6.92 Å². The number of benzene rings is 1. The summed E-state index contributed by atoms with van der Waals surface area (Å²) in [6.07, 6.45) is 0. The largest absolute Gasteiger partial charge is 0.464 e. The van der Waals surface area contributed by atoms with Crippen LogP contribution in [0.5, 0.6) is 0 Å². The lowest BCUT2D eigenvalue weighted by atomic mass is 10.2. The molecule has 0 saturated heterocycles. The zero-order valence-corrected chi connectivity index (χ0v) is 11.9. The number of ether oxygens (including phenoxy) is 1. The van der Waals surface area contributed by atoms with Crippen LogP contribution >= 0.6 is 11.6 Å². The minimum atomic E-state index is -0.698.